The third-order valence-corrected chi connectivity index (χ3v) is 12.8. The fraction of sp³-hybridized carbons (Fsp3) is 0.579. The Morgan fingerprint density at radius 1 is 1.08 bits per heavy atom. The summed E-state index contributed by atoms with van der Waals surface area (Å²) in [6, 6.07) is 11.8. The second-order valence-electron chi connectivity index (χ2n) is 14.3. The minimum Gasteiger partial charge on any atom is -0.497 e. The zero-order valence-electron chi connectivity index (χ0n) is 29.3. The molecule has 3 aromatic rings. The molecule has 1 aliphatic heterocycles. The van der Waals surface area contributed by atoms with Gasteiger partial charge in [-0.2, -0.15) is 0 Å². The molecule has 2 amide bonds. The number of carbonyl (C=O) groups is 2. The minimum atomic E-state index is -3.81. The lowest BCUT2D eigenvalue weighted by molar-refractivity contribution is -0.140. The van der Waals surface area contributed by atoms with Crippen LogP contribution in [0.3, 0.4) is 0 Å². The van der Waals surface area contributed by atoms with Crippen LogP contribution in [0.15, 0.2) is 36.4 Å². The number of nitrogens with zero attached hydrogens (tertiary/aromatic N) is 2. The molecule has 2 fully saturated rings. The quantitative estimate of drug-likeness (QED) is 0.222. The summed E-state index contributed by atoms with van der Waals surface area (Å²) in [7, 11) is -0.214. The van der Waals surface area contributed by atoms with Gasteiger partial charge in [0.2, 0.25) is 15.9 Å². The summed E-state index contributed by atoms with van der Waals surface area (Å²) in [5.41, 5.74) is 5.11. The SMILES string of the molecule is CCC[C@H](COCC)N(C)C(=O)C12CC1c1cc(OC)ccc1-c1c(C3CCCCC3)c3ccc(C(=O)NS(=O)(=O)C(C)C)cc3n1C2. The van der Waals surface area contributed by atoms with E-state index in [0.717, 1.165) is 72.0 Å². The summed E-state index contributed by atoms with van der Waals surface area (Å²) in [6.07, 6.45) is 8.23. The Hall–Kier alpha value is -3.37. The number of likely N-dealkylation sites (N-methyl/N-ethyl adjacent to an activating group) is 1. The topological polar surface area (TPSA) is 107 Å². The van der Waals surface area contributed by atoms with E-state index in [1.165, 1.54) is 12.0 Å². The normalized spacial score (nSPS) is 21.2. The summed E-state index contributed by atoms with van der Waals surface area (Å²) in [5, 5.41) is 0.326. The van der Waals surface area contributed by atoms with E-state index in [1.54, 1.807) is 27.0 Å². The van der Waals surface area contributed by atoms with E-state index >= 15 is 0 Å². The van der Waals surface area contributed by atoms with Gasteiger partial charge < -0.3 is 18.9 Å². The molecule has 1 N–H and O–H groups in total. The Kier molecular flexibility index (Phi) is 9.70. The van der Waals surface area contributed by atoms with Crippen molar-refractivity contribution in [2.24, 2.45) is 5.41 Å². The molecule has 6 rings (SSSR count). The Balaban J connectivity index is 1.55. The van der Waals surface area contributed by atoms with Gasteiger partial charge in [0, 0.05) is 48.1 Å². The van der Waals surface area contributed by atoms with Gasteiger partial charge in [-0.3, -0.25) is 9.59 Å². The van der Waals surface area contributed by atoms with Gasteiger partial charge in [0.25, 0.3) is 5.91 Å². The van der Waals surface area contributed by atoms with Gasteiger partial charge in [0.05, 0.1) is 36.1 Å². The molecule has 9 nitrogen and oxygen atoms in total. The van der Waals surface area contributed by atoms with Crippen LogP contribution in [0.25, 0.3) is 22.2 Å². The number of nitrogens with one attached hydrogen (secondary N) is 1. The highest BCUT2D eigenvalue weighted by Gasteiger charge is 2.64. The predicted octanol–water partition coefficient (Wildman–Crippen LogP) is 6.98. The standard InChI is InChI=1S/C38H51N3O6S/c1-7-12-27(22-47-8-2)40(5)37(43)38-21-32(38)31-20-28(46-6)16-18-29(31)35-34(25-13-10-9-11-14-25)30-17-15-26(19-33(30)41(35)23-38)36(42)39-48(44,45)24(3)4/h15-20,24-25,27,32H,7-14,21-23H2,1-6H3,(H,39,42)/t27-,32?,38?/m1/s1. The van der Waals surface area contributed by atoms with Crippen LogP contribution >= 0.6 is 0 Å². The number of amides is 2. The van der Waals surface area contributed by atoms with Gasteiger partial charge in [0.15, 0.2) is 0 Å². The van der Waals surface area contributed by atoms with Crippen LogP contribution < -0.4 is 9.46 Å². The zero-order chi connectivity index (χ0) is 34.4. The van der Waals surface area contributed by atoms with Crippen molar-refractivity contribution >= 4 is 32.7 Å². The summed E-state index contributed by atoms with van der Waals surface area (Å²) in [5.74, 6) is 0.600. The third-order valence-electron chi connectivity index (χ3n) is 11.1. The van der Waals surface area contributed by atoms with Crippen molar-refractivity contribution in [2.75, 3.05) is 27.4 Å². The van der Waals surface area contributed by atoms with Crippen LogP contribution in [0.5, 0.6) is 5.75 Å². The average molecular weight is 678 g/mol. The molecule has 3 atom stereocenters. The summed E-state index contributed by atoms with van der Waals surface area (Å²) in [4.78, 5) is 30.1. The number of carbonyl (C=O) groups excluding carboxylic acids is 2. The zero-order valence-corrected chi connectivity index (χ0v) is 30.1. The number of rotatable bonds is 12. The number of hydrogen-bond donors (Lipinski definition) is 1. The molecular formula is C38H51N3O6S. The molecule has 2 aromatic carbocycles. The first kappa shape index (κ1) is 34.5. The van der Waals surface area contributed by atoms with Crippen molar-refractivity contribution in [1.82, 2.24) is 14.2 Å². The van der Waals surface area contributed by atoms with E-state index in [-0.39, 0.29) is 23.4 Å². The van der Waals surface area contributed by atoms with Crippen LogP contribution in [0, 0.1) is 5.41 Å². The van der Waals surface area contributed by atoms with Crippen molar-refractivity contribution in [2.45, 2.75) is 109 Å². The smallest absolute Gasteiger partial charge is 0.264 e. The lowest BCUT2D eigenvalue weighted by Gasteiger charge is -2.32. The lowest BCUT2D eigenvalue weighted by atomic mass is 9.81. The fourth-order valence-electron chi connectivity index (χ4n) is 8.22. The van der Waals surface area contributed by atoms with E-state index in [1.807, 2.05) is 37.1 Å². The van der Waals surface area contributed by atoms with Crippen LogP contribution in [0.4, 0.5) is 0 Å². The highest BCUT2D eigenvalue weighted by atomic mass is 32.2. The molecule has 1 aromatic heterocycles. The predicted molar refractivity (Wildman–Crippen MR) is 189 cm³/mol. The third kappa shape index (κ3) is 6.04. The number of aromatic nitrogens is 1. The second kappa shape index (κ2) is 13.5. The highest BCUT2D eigenvalue weighted by molar-refractivity contribution is 7.90. The molecule has 2 aliphatic carbocycles. The first-order chi connectivity index (χ1) is 23.0. The molecule has 2 saturated carbocycles. The molecule has 0 bridgehead atoms. The number of sulfonamides is 1. The molecule has 10 heteroatoms. The summed E-state index contributed by atoms with van der Waals surface area (Å²) in [6.45, 7) is 8.78. The highest BCUT2D eigenvalue weighted by Crippen LogP contribution is 2.66. The maximum Gasteiger partial charge on any atom is 0.264 e. The van der Waals surface area contributed by atoms with Crippen LogP contribution in [-0.4, -0.2) is 68.4 Å². The largest absolute Gasteiger partial charge is 0.497 e. The van der Waals surface area contributed by atoms with Crippen LogP contribution in [0.1, 0.15) is 112 Å². The lowest BCUT2D eigenvalue weighted by Crippen LogP contribution is -2.45. The number of hydrogen-bond acceptors (Lipinski definition) is 6. The van der Waals surface area contributed by atoms with E-state index < -0.39 is 26.6 Å². The number of methoxy groups -OCH3 is 1. The molecule has 0 spiro atoms. The van der Waals surface area contributed by atoms with Crippen LogP contribution in [-0.2, 0) is 26.1 Å². The van der Waals surface area contributed by atoms with Gasteiger partial charge in [-0.05, 0) is 93.8 Å². The monoisotopic (exact) mass is 677 g/mol. The maximum atomic E-state index is 14.8. The van der Waals surface area contributed by atoms with E-state index in [9.17, 15) is 18.0 Å². The Morgan fingerprint density at radius 3 is 2.50 bits per heavy atom. The number of fused-ring (bicyclic) bond motifs is 7. The van der Waals surface area contributed by atoms with Crippen molar-refractivity contribution in [3.63, 3.8) is 0 Å². The minimum absolute atomic E-state index is 0.0174. The summed E-state index contributed by atoms with van der Waals surface area (Å²) >= 11 is 0. The van der Waals surface area contributed by atoms with Gasteiger partial charge in [-0.15, -0.1) is 0 Å². The fourth-order valence-corrected chi connectivity index (χ4v) is 8.83. The first-order valence-corrected chi connectivity index (χ1v) is 19.3. The molecule has 2 heterocycles. The van der Waals surface area contributed by atoms with Crippen molar-refractivity contribution < 1.29 is 27.5 Å². The molecule has 0 saturated heterocycles. The van der Waals surface area contributed by atoms with E-state index in [0.29, 0.717) is 32.1 Å². The van der Waals surface area contributed by atoms with Crippen LogP contribution in [0.2, 0.25) is 0 Å². The van der Waals surface area contributed by atoms with Crippen molar-refractivity contribution in [3.05, 3.63) is 53.1 Å². The molecule has 3 aliphatic rings. The van der Waals surface area contributed by atoms with E-state index in [2.05, 4.69) is 28.3 Å². The Morgan fingerprint density at radius 2 is 1.83 bits per heavy atom. The summed E-state index contributed by atoms with van der Waals surface area (Å²) < 4.78 is 41.4. The number of ether oxygens (including phenoxy) is 2. The van der Waals surface area contributed by atoms with Crippen molar-refractivity contribution in [1.29, 1.82) is 0 Å². The van der Waals surface area contributed by atoms with Gasteiger partial charge in [-0.25, -0.2) is 13.1 Å². The molecule has 260 valence electrons. The number of benzene rings is 2. The van der Waals surface area contributed by atoms with Gasteiger partial charge >= 0.3 is 0 Å². The van der Waals surface area contributed by atoms with Gasteiger partial charge in [-0.1, -0.05) is 38.7 Å². The molecule has 2 unspecified atom stereocenters. The molecular weight excluding hydrogens is 627 g/mol. The Bertz CT molecular complexity index is 1810. The molecule has 48 heavy (non-hydrogen) atoms. The molecule has 0 radical (unpaired) electrons. The second-order valence-corrected chi connectivity index (χ2v) is 16.6. The van der Waals surface area contributed by atoms with Crippen molar-refractivity contribution in [3.8, 4) is 17.0 Å². The Labute approximate surface area is 285 Å². The first-order valence-electron chi connectivity index (χ1n) is 17.7. The van der Waals surface area contributed by atoms with Gasteiger partial charge in [0.1, 0.15) is 5.75 Å². The maximum absolute atomic E-state index is 14.8. The van der Waals surface area contributed by atoms with E-state index in [4.69, 9.17) is 9.47 Å². The average Bonchev–Trinajstić information content (AvgIpc) is 3.75.